The average Bonchev–Trinajstić information content (AvgIpc) is 3.20. The summed E-state index contributed by atoms with van der Waals surface area (Å²) >= 11 is 3.53. The van der Waals surface area contributed by atoms with Gasteiger partial charge in [0.25, 0.3) is 0 Å². The third kappa shape index (κ3) is 4.38. The first-order valence-electron chi connectivity index (χ1n) is 6.34. The molecule has 0 amide bonds. The van der Waals surface area contributed by atoms with E-state index in [0.717, 1.165) is 17.0 Å². The number of rotatable bonds is 4. The number of aliphatic imine (C=N–C) groups is 1. The van der Waals surface area contributed by atoms with Crippen molar-refractivity contribution in [3.8, 4) is 12.3 Å². The Hall–Kier alpha value is -0.740. The second-order valence-electron chi connectivity index (χ2n) is 4.77. The van der Waals surface area contributed by atoms with Gasteiger partial charge in [0.2, 0.25) is 0 Å². The molecule has 0 radical (unpaired) electrons. The lowest BCUT2D eigenvalue weighted by molar-refractivity contribution is 0.649. The van der Waals surface area contributed by atoms with Crippen LogP contribution in [0.5, 0.6) is 0 Å². The van der Waals surface area contributed by atoms with Crippen LogP contribution in [0.2, 0.25) is 0 Å². The molecular formula is C15H19BrIN3. The molecule has 1 saturated carbocycles. The van der Waals surface area contributed by atoms with Crippen LogP contribution in [0.25, 0.3) is 0 Å². The van der Waals surface area contributed by atoms with Gasteiger partial charge in [-0.05, 0) is 30.5 Å². The first-order chi connectivity index (χ1) is 9.20. The van der Waals surface area contributed by atoms with E-state index in [4.69, 9.17) is 6.42 Å². The maximum absolute atomic E-state index is 5.23. The maximum Gasteiger partial charge on any atom is 0.191 e. The zero-order valence-electron chi connectivity index (χ0n) is 11.4. The molecule has 3 nitrogen and oxygen atoms in total. The highest BCUT2D eigenvalue weighted by atomic mass is 127. The molecule has 0 bridgehead atoms. The van der Waals surface area contributed by atoms with Crippen LogP contribution < -0.4 is 10.6 Å². The van der Waals surface area contributed by atoms with E-state index in [9.17, 15) is 0 Å². The van der Waals surface area contributed by atoms with Crippen molar-refractivity contribution in [2.75, 3.05) is 20.1 Å². The van der Waals surface area contributed by atoms with Crippen molar-refractivity contribution in [2.45, 2.75) is 18.3 Å². The molecule has 1 aliphatic rings. The maximum atomic E-state index is 5.23. The number of benzene rings is 1. The van der Waals surface area contributed by atoms with Gasteiger partial charge in [0.1, 0.15) is 0 Å². The normalized spacial score (nSPS) is 15.8. The van der Waals surface area contributed by atoms with E-state index in [1.54, 1.807) is 7.05 Å². The predicted molar refractivity (Wildman–Crippen MR) is 98.7 cm³/mol. The fraction of sp³-hybridized carbons (Fsp3) is 0.400. The predicted octanol–water partition coefficient (Wildman–Crippen LogP) is 2.90. The van der Waals surface area contributed by atoms with Crippen molar-refractivity contribution >= 4 is 45.9 Å². The van der Waals surface area contributed by atoms with E-state index in [0.29, 0.717) is 6.54 Å². The standard InChI is InChI=1S/C15H18BrN3.HI/c1-3-9-18-14(17-2)19-11-15(7-8-15)12-5-4-6-13(16)10-12;/h1,4-6,10H,7-9,11H2,2H3,(H2,17,18,19);1H. The molecule has 2 rings (SSSR count). The monoisotopic (exact) mass is 447 g/mol. The molecule has 5 heteroatoms. The third-order valence-electron chi connectivity index (χ3n) is 3.47. The Bertz CT molecular complexity index is 518. The highest BCUT2D eigenvalue weighted by Crippen LogP contribution is 2.48. The van der Waals surface area contributed by atoms with Gasteiger partial charge in [0.15, 0.2) is 5.96 Å². The molecule has 0 saturated heterocycles. The Kier molecular flexibility index (Phi) is 6.83. The van der Waals surface area contributed by atoms with Crippen LogP contribution in [0.4, 0.5) is 0 Å². The molecule has 0 aromatic heterocycles. The van der Waals surface area contributed by atoms with E-state index in [1.165, 1.54) is 18.4 Å². The zero-order valence-corrected chi connectivity index (χ0v) is 15.4. The van der Waals surface area contributed by atoms with Crippen molar-refractivity contribution in [1.29, 1.82) is 0 Å². The molecule has 1 aromatic rings. The van der Waals surface area contributed by atoms with Gasteiger partial charge < -0.3 is 10.6 Å². The number of nitrogens with one attached hydrogen (secondary N) is 2. The Morgan fingerprint density at radius 1 is 1.45 bits per heavy atom. The van der Waals surface area contributed by atoms with Crippen molar-refractivity contribution < 1.29 is 0 Å². The minimum atomic E-state index is 0. The van der Waals surface area contributed by atoms with E-state index >= 15 is 0 Å². The first kappa shape index (κ1) is 17.3. The summed E-state index contributed by atoms with van der Waals surface area (Å²) in [5, 5.41) is 6.43. The second kappa shape index (κ2) is 7.89. The number of hydrogen-bond donors (Lipinski definition) is 2. The van der Waals surface area contributed by atoms with Gasteiger partial charge in [-0.25, -0.2) is 0 Å². The van der Waals surface area contributed by atoms with Crippen LogP contribution >= 0.6 is 39.9 Å². The molecule has 0 heterocycles. The van der Waals surface area contributed by atoms with Gasteiger partial charge in [-0.1, -0.05) is 34.0 Å². The molecule has 2 N–H and O–H groups in total. The molecule has 1 aliphatic carbocycles. The summed E-state index contributed by atoms with van der Waals surface area (Å²) in [4.78, 5) is 4.16. The molecule has 0 atom stereocenters. The van der Waals surface area contributed by atoms with Gasteiger partial charge in [-0.15, -0.1) is 30.4 Å². The van der Waals surface area contributed by atoms with Gasteiger partial charge in [-0.2, -0.15) is 0 Å². The number of hydrogen-bond acceptors (Lipinski definition) is 1. The summed E-state index contributed by atoms with van der Waals surface area (Å²) in [6.45, 7) is 1.37. The molecule has 20 heavy (non-hydrogen) atoms. The van der Waals surface area contributed by atoms with Gasteiger partial charge in [0.05, 0.1) is 6.54 Å². The molecule has 108 valence electrons. The van der Waals surface area contributed by atoms with Crippen molar-refractivity contribution in [2.24, 2.45) is 4.99 Å². The topological polar surface area (TPSA) is 36.4 Å². The summed E-state index contributed by atoms with van der Waals surface area (Å²) in [7, 11) is 1.75. The summed E-state index contributed by atoms with van der Waals surface area (Å²) < 4.78 is 1.13. The number of terminal acetylenes is 1. The summed E-state index contributed by atoms with van der Waals surface area (Å²) in [6, 6.07) is 8.54. The minimum Gasteiger partial charge on any atom is -0.355 e. The largest absolute Gasteiger partial charge is 0.355 e. The Morgan fingerprint density at radius 3 is 2.75 bits per heavy atom. The Morgan fingerprint density at radius 2 is 2.20 bits per heavy atom. The van der Waals surface area contributed by atoms with Crippen LogP contribution in [0.1, 0.15) is 18.4 Å². The Labute approximate surface area is 146 Å². The van der Waals surface area contributed by atoms with Crippen LogP contribution in [0.15, 0.2) is 33.7 Å². The van der Waals surface area contributed by atoms with Crippen LogP contribution in [-0.4, -0.2) is 26.1 Å². The van der Waals surface area contributed by atoms with Crippen molar-refractivity contribution in [1.82, 2.24) is 10.6 Å². The molecular weight excluding hydrogens is 429 g/mol. The molecule has 0 aliphatic heterocycles. The quantitative estimate of drug-likeness (QED) is 0.322. The number of halogens is 2. The van der Waals surface area contributed by atoms with Crippen LogP contribution in [0.3, 0.4) is 0 Å². The van der Waals surface area contributed by atoms with Gasteiger partial charge in [-0.3, -0.25) is 4.99 Å². The van der Waals surface area contributed by atoms with E-state index < -0.39 is 0 Å². The molecule has 1 fully saturated rings. The average molecular weight is 448 g/mol. The van der Waals surface area contributed by atoms with Crippen LogP contribution in [-0.2, 0) is 5.41 Å². The minimum absolute atomic E-state index is 0. The fourth-order valence-corrected chi connectivity index (χ4v) is 2.54. The highest BCUT2D eigenvalue weighted by Gasteiger charge is 2.44. The van der Waals surface area contributed by atoms with Gasteiger partial charge in [0, 0.05) is 23.5 Å². The van der Waals surface area contributed by atoms with E-state index in [2.05, 4.69) is 61.7 Å². The smallest absolute Gasteiger partial charge is 0.191 e. The third-order valence-corrected chi connectivity index (χ3v) is 3.96. The molecule has 0 unspecified atom stereocenters. The molecule has 1 aromatic carbocycles. The summed E-state index contributed by atoms with van der Waals surface area (Å²) in [6.07, 6.45) is 7.65. The lowest BCUT2D eigenvalue weighted by atomic mass is 9.96. The van der Waals surface area contributed by atoms with Crippen molar-refractivity contribution in [3.63, 3.8) is 0 Å². The fourth-order valence-electron chi connectivity index (χ4n) is 2.15. The van der Waals surface area contributed by atoms with E-state index in [1.807, 2.05) is 0 Å². The summed E-state index contributed by atoms with van der Waals surface area (Å²) in [5.41, 5.74) is 1.62. The van der Waals surface area contributed by atoms with E-state index in [-0.39, 0.29) is 29.4 Å². The first-order valence-corrected chi connectivity index (χ1v) is 7.13. The number of nitrogens with zero attached hydrogens (tertiary/aromatic N) is 1. The van der Waals surface area contributed by atoms with Gasteiger partial charge >= 0.3 is 0 Å². The highest BCUT2D eigenvalue weighted by molar-refractivity contribution is 14.0. The lowest BCUT2D eigenvalue weighted by Crippen LogP contribution is -2.41. The van der Waals surface area contributed by atoms with Crippen LogP contribution in [0, 0.1) is 12.3 Å². The lowest BCUT2D eigenvalue weighted by Gasteiger charge is -2.18. The van der Waals surface area contributed by atoms with Crippen molar-refractivity contribution in [3.05, 3.63) is 34.3 Å². The summed E-state index contributed by atoms with van der Waals surface area (Å²) in [5.74, 6) is 3.31. The Balaban J connectivity index is 0.00000200. The number of guanidine groups is 1. The molecule has 0 spiro atoms. The second-order valence-corrected chi connectivity index (χ2v) is 5.69. The SMILES string of the molecule is C#CCNC(=NC)NCC1(c2cccc(Br)c2)CC1.I. The zero-order chi connectivity index (χ0) is 13.7.